The van der Waals surface area contributed by atoms with Gasteiger partial charge < -0.3 is 9.67 Å². The van der Waals surface area contributed by atoms with E-state index in [0.717, 1.165) is 22.9 Å². The number of aliphatic hydroxyl groups excluding tert-OH is 1. The zero-order chi connectivity index (χ0) is 11.4. The van der Waals surface area contributed by atoms with E-state index in [-0.39, 0.29) is 17.8 Å². The van der Waals surface area contributed by atoms with Crippen molar-refractivity contribution in [2.24, 2.45) is 0 Å². The predicted octanol–water partition coefficient (Wildman–Crippen LogP) is 0.512. The first kappa shape index (κ1) is 11.9. The molecule has 1 unspecified atom stereocenters. The van der Waals surface area contributed by atoms with Gasteiger partial charge in [-0.2, -0.15) is 0 Å². The van der Waals surface area contributed by atoms with Crippen LogP contribution in [0, 0.1) is 10.1 Å². The summed E-state index contributed by atoms with van der Waals surface area (Å²) in [5.74, 6) is 0. The smallest absolute Gasteiger partial charge is 0.285 e. The van der Waals surface area contributed by atoms with Crippen LogP contribution in [-0.2, 0) is 6.54 Å². The van der Waals surface area contributed by atoms with E-state index in [2.05, 4.69) is 15.9 Å². The Labute approximate surface area is 93.4 Å². The number of nitro groups is 1. The maximum Gasteiger partial charge on any atom is 0.285 e. The summed E-state index contributed by atoms with van der Waals surface area (Å²) in [6, 6.07) is 2.25. The molecular formula is C8H9BrN2O4. The summed E-state index contributed by atoms with van der Waals surface area (Å²) in [6.07, 6.45) is 0.374. The molecule has 1 aromatic rings. The number of rotatable bonds is 4. The normalized spacial score (nSPS) is 12.4. The molecule has 15 heavy (non-hydrogen) atoms. The van der Waals surface area contributed by atoms with E-state index in [1.54, 1.807) is 0 Å². The van der Waals surface area contributed by atoms with Crippen molar-refractivity contribution in [3.05, 3.63) is 38.8 Å². The monoisotopic (exact) mass is 276 g/mol. The van der Waals surface area contributed by atoms with Gasteiger partial charge in [0.15, 0.2) is 0 Å². The Morgan fingerprint density at radius 2 is 2.27 bits per heavy atom. The highest BCUT2D eigenvalue weighted by atomic mass is 79.9. The molecule has 0 aliphatic heterocycles. The lowest BCUT2D eigenvalue weighted by Crippen LogP contribution is -2.26. The summed E-state index contributed by atoms with van der Waals surface area (Å²) in [4.78, 5) is 21.1. The number of aromatic nitrogens is 1. The van der Waals surface area contributed by atoms with Crippen LogP contribution >= 0.6 is 15.9 Å². The van der Waals surface area contributed by atoms with Gasteiger partial charge in [0.1, 0.15) is 0 Å². The molecule has 0 aliphatic rings. The van der Waals surface area contributed by atoms with Crippen molar-refractivity contribution < 1.29 is 10.0 Å². The average molecular weight is 277 g/mol. The number of halogens is 1. The number of alkyl halides is 1. The van der Waals surface area contributed by atoms with Crippen LogP contribution in [0.4, 0.5) is 5.69 Å². The Morgan fingerprint density at radius 1 is 1.60 bits per heavy atom. The highest BCUT2D eigenvalue weighted by Gasteiger charge is 2.10. The first-order chi connectivity index (χ1) is 7.04. The van der Waals surface area contributed by atoms with E-state index in [9.17, 15) is 20.0 Å². The Bertz CT molecular complexity index is 417. The molecule has 0 saturated heterocycles. The molecule has 0 radical (unpaired) electrons. The number of pyridine rings is 1. The third kappa shape index (κ3) is 3.14. The molecule has 1 atom stereocenters. The van der Waals surface area contributed by atoms with Gasteiger partial charge in [0, 0.05) is 17.5 Å². The van der Waals surface area contributed by atoms with Crippen LogP contribution in [-0.4, -0.2) is 26.0 Å². The molecule has 1 N–H and O–H groups in total. The summed E-state index contributed by atoms with van der Waals surface area (Å²) in [5, 5.41) is 20.0. The molecule has 7 heteroatoms. The minimum Gasteiger partial charge on any atom is -0.390 e. The van der Waals surface area contributed by atoms with Crippen molar-refractivity contribution in [1.82, 2.24) is 4.57 Å². The summed E-state index contributed by atoms with van der Waals surface area (Å²) in [7, 11) is 0. The molecule has 0 amide bonds. The lowest BCUT2D eigenvalue weighted by atomic mass is 10.3. The van der Waals surface area contributed by atoms with E-state index in [4.69, 9.17) is 0 Å². The van der Waals surface area contributed by atoms with E-state index in [1.165, 1.54) is 0 Å². The third-order valence-corrected chi connectivity index (χ3v) is 2.51. The van der Waals surface area contributed by atoms with Crippen molar-refractivity contribution in [1.29, 1.82) is 0 Å². The maximum atomic E-state index is 11.3. The zero-order valence-electron chi connectivity index (χ0n) is 7.67. The molecule has 82 valence electrons. The van der Waals surface area contributed by atoms with Crippen LogP contribution in [0.5, 0.6) is 0 Å². The number of hydrogen-bond acceptors (Lipinski definition) is 4. The molecule has 0 saturated carbocycles. The van der Waals surface area contributed by atoms with Gasteiger partial charge in [-0.1, -0.05) is 15.9 Å². The predicted molar refractivity (Wildman–Crippen MR) is 57.2 cm³/mol. The molecular weight excluding hydrogens is 268 g/mol. The molecule has 0 aliphatic carbocycles. The van der Waals surface area contributed by atoms with Gasteiger partial charge in [0.25, 0.3) is 11.2 Å². The summed E-state index contributed by atoms with van der Waals surface area (Å²) in [6.45, 7) is 0.0335. The molecule has 0 spiro atoms. The quantitative estimate of drug-likeness (QED) is 0.493. The second-order valence-corrected chi connectivity index (χ2v) is 3.59. The van der Waals surface area contributed by atoms with Crippen molar-refractivity contribution in [3.8, 4) is 0 Å². The third-order valence-electron chi connectivity index (χ3n) is 1.76. The van der Waals surface area contributed by atoms with E-state index >= 15 is 0 Å². The van der Waals surface area contributed by atoms with Gasteiger partial charge >= 0.3 is 0 Å². The zero-order valence-corrected chi connectivity index (χ0v) is 9.25. The van der Waals surface area contributed by atoms with Crippen LogP contribution in [0.15, 0.2) is 23.1 Å². The first-order valence-corrected chi connectivity index (χ1v) is 5.25. The van der Waals surface area contributed by atoms with Crippen molar-refractivity contribution in [3.63, 3.8) is 0 Å². The fraction of sp³-hybridized carbons (Fsp3) is 0.375. The minimum absolute atomic E-state index is 0.0335. The largest absolute Gasteiger partial charge is 0.390 e. The minimum atomic E-state index is -0.746. The lowest BCUT2D eigenvalue weighted by Gasteiger charge is -2.08. The van der Waals surface area contributed by atoms with Crippen LogP contribution in [0.2, 0.25) is 0 Å². The number of aliphatic hydroxyl groups is 1. The Kier molecular flexibility index (Phi) is 3.98. The first-order valence-electron chi connectivity index (χ1n) is 4.13. The van der Waals surface area contributed by atoms with Crippen molar-refractivity contribution in [2.75, 3.05) is 5.33 Å². The SMILES string of the molecule is O=c1ccc([N+](=O)[O-])cn1CC(O)CBr. The fourth-order valence-corrected chi connectivity index (χ4v) is 1.25. The van der Waals surface area contributed by atoms with E-state index in [0.29, 0.717) is 5.33 Å². The van der Waals surface area contributed by atoms with Crippen LogP contribution < -0.4 is 5.56 Å². The topological polar surface area (TPSA) is 85.4 Å². The Balaban J connectivity index is 3.00. The molecule has 0 aromatic carbocycles. The van der Waals surface area contributed by atoms with Gasteiger partial charge in [-0.3, -0.25) is 14.9 Å². The van der Waals surface area contributed by atoms with E-state index < -0.39 is 11.0 Å². The average Bonchev–Trinajstić information content (AvgIpc) is 2.20. The van der Waals surface area contributed by atoms with Crippen LogP contribution in [0.1, 0.15) is 0 Å². The number of hydrogen-bond donors (Lipinski definition) is 1. The highest BCUT2D eigenvalue weighted by Crippen LogP contribution is 2.07. The number of nitrogens with zero attached hydrogens (tertiary/aromatic N) is 2. The van der Waals surface area contributed by atoms with Crippen LogP contribution in [0.25, 0.3) is 0 Å². The van der Waals surface area contributed by atoms with Crippen molar-refractivity contribution >= 4 is 21.6 Å². The van der Waals surface area contributed by atoms with Gasteiger partial charge in [0.05, 0.1) is 23.8 Å². The molecule has 1 rings (SSSR count). The fourth-order valence-electron chi connectivity index (χ4n) is 1.05. The summed E-state index contributed by atoms with van der Waals surface area (Å²) < 4.78 is 1.12. The van der Waals surface area contributed by atoms with Crippen LogP contribution in [0.3, 0.4) is 0 Å². The second-order valence-electron chi connectivity index (χ2n) is 2.94. The van der Waals surface area contributed by atoms with Crippen molar-refractivity contribution in [2.45, 2.75) is 12.6 Å². The maximum absolute atomic E-state index is 11.3. The summed E-state index contributed by atoms with van der Waals surface area (Å²) >= 11 is 3.05. The Hall–Kier alpha value is -1.21. The molecule has 1 heterocycles. The molecule has 0 fully saturated rings. The van der Waals surface area contributed by atoms with E-state index in [1.807, 2.05) is 0 Å². The highest BCUT2D eigenvalue weighted by molar-refractivity contribution is 9.09. The van der Waals surface area contributed by atoms with Gasteiger partial charge in [0.2, 0.25) is 0 Å². The lowest BCUT2D eigenvalue weighted by molar-refractivity contribution is -0.385. The molecule has 1 aromatic heterocycles. The second kappa shape index (κ2) is 5.04. The molecule has 6 nitrogen and oxygen atoms in total. The van der Waals surface area contributed by atoms with Gasteiger partial charge in [-0.05, 0) is 0 Å². The summed E-state index contributed by atoms with van der Waals surface area (Å²) in [5.41, 5.74) is -0.544. The van der Waals surface area contributed by atoms with Gasteiger partial charge in [-0.25, -0.2) is 0 Å². The molecule has 0 bridgehead atoms. The Morgan fingerprint density at radius 3 is 2.80 bits per heavy atom. The van der Waals surface area contributed by atoms with Gasteiger partial charge in [-0.15, -0.1) is 0 Å². The standard InChI is InChI=1S/C8H9BrN2O4/c9-3-7(12)5-10-4-6(11(14)15)1-2-8(10)13/h1-2,4,7,12H,3,5H2.